The van der Waals surface area contributed by atoms with Crippen LogP contribution >= 0.6 is 15.9 Å². The summed E-state index contributed by atoms with van der Waals surface area (Å²) >= 11 is 3.42. The highest BCUT2D eigenvalue weighted by atomic mass is 79.9. The second-order valence-corrected chi connectivity index (χ2v) is 8.54. The van der Waals surface area contributed by atoms with Gasteiger partial charge in [-0.2, -0.15) is 0 Å². The Morgan fingerprint density at radius 1 is 0.882 bits per heavy atom. The van der Waals surface area contributed by atoms with E-state index in [2.05, 4.69) is 15.9 Å². The molecule has 0 atom stereocenters. The Kier molecular flexibility index (Phi) is 5.69. The molecule has 3 aromatic carbocycles. The molecule has 0 spiro atoms. The quantitative estimate of drug-likeness (QED) is 0.162. The smallest absolute Gasteiger partial charge is 0.271 e. The number of nitro benzene ring substituents is 1. The monoisotopic (exact) mass is 512 g/mol. The minimum atomic E-state index is -0.473. The number of furan rings is 1. The number of carbonyl (C=O) groups is 1. The lowest BCUT2D eigenvalue weighted by molar-refractivity contribution is -0.384. The summed E-state index contributed by atoms with van der Waals surface area (Å²) in [4.78, 5) is 25.8. The molecule has 166 valence electrons. The lowest BCUT2D eigenvalue weighted by Gasteiger charge is -2.20. The van der Waals surface area contributed by atoms with Crippen LogP contribution in [0.15, 0.2) is 112 Å². The summed E-state index contributed by atoms with van der Waals surface area (Å²) in [5.41, 5.74) is 3.14. The van der Waals surface area contributed by atoms with Gasteiger partial charge in [0.2, 0.25) is 0 Å². The predicted octanol–water partition coefficient (Wildman–Crippen LogP) is 7.09. The second kappa shape index (κ2) is 8.96. The maximum absolute atomic E-state index is 13.5. The van der Waals surface area contributed by atoms with Gasteiger partial charge in [-0.3, -0.25) is 19.8 Å². The minimum absolute atomic E-state index is 0.0830. The summed E-state index contributed by atoms with van der Waals surface area (Å²) in [5, 5.41) is 11.3. The summed E-state index contributed by atoms with van der Waals surface area (Å²) in [6.45, 7) is 0. The van der Waals surface area contributed by atoms with E-state index in [-0.39, 0.29) is 11.6 Å². The lowest BCUT2D eigenvalue weighted by atomic mass is 10.1. The molecule has 0 bridgehead atoms. The lowest BCUT2D eigenvalue weighted by Crippen LogP contribution is -2.25. The van der Waals surface area contributed by atoms with Crippen molar-refractivity contribution < 1.29 is 14.1 Å². The van der Waals surface area contributed by atoms with E-state index < -0.39 is 4.92 Å². The number of rotatable bonds is 5. The van der Waals surface area contributed by atoms with Crippen molar-refractivity contribution in [2.75, 3.05) is 4.90 Å². The van der Waals surface area contributed by atoms with Gasteiger partial charge in [-0.15, -0.1) is 0 Å². The van der Waals surface area contributed by atoms with E-state index >= 15 is 0 Å². The number of hydrogen-bond donors (Lipinski definition) is 0. The zero-order chi connectivity index (χ0) is 23.7. The SMILES string of the molecule is O=C1C(=Cc2ccc(-c3ccc(Br)cc3)o2)C=C(c2ccccc2)N1c1cccc([N+](=O)[O-])c1. The normalized spacial score (nSPS) is 14.5. The topological polar surface area (TPSA) is 76.6 Å². The fourth-order valence-corrected chi connectivity index (χ4v) is 4.06. The van der Waals surface area contributed by atoms with Crippen LogP contribution in [0.25, 0.3) is 23.1 Å². The maximum atomic E-state index is 13.5. The van der Waals surface area contributed by atoms with Gasteiger partial charge in [0.05, 0.1) is 16.3 Å². The van der Waals surface area contributed by atoms with Crippen molar-refractivity contribution in [1.29, 1.82) is 0 Å². The third-order valence-corrected chi connectivity index (χ3v) is 5.93. The molecule has 5 rings (SSSR count). The third kappa shape index (κ3) is 4.21. The highest BCUT2D eigenvalue weighted by Gasteiger charge is 2.31. The number of hydrogen-bond acceptors (Lipinski definition) is 4. The number of anilines is 1. The van der Waals surface area contributed by atoms with E-state index in [4.69, 9.17) is 4.42 Å². The van der Waals surface area contributed by atoms with Gasteiger partial charge in [0.25, 0.3) is 11.6 Å². The number of carbonyl (C=O) groups excluding carboxylic acids is 1. The average Bonchev–Trinajstić information content (AvgIpc) is 3.45. The largest absolute Gasteiger partial charge is 0.457 e. The van der Waals surface area contributed by atoms with Crippen LogP contribution in [0.1, 0.15) is 11.3 Å². The van der Waals surface area contributed by atoms with Crippen molar-refractivity contribution in [2.24, 2.45) is 0 Å². The first-order valence-electron chi connectivity index (χ1n) is 10.4. The predicted molar refractivity (Wildman–Crippen MR) is 135 cm³/mol. The highest BCUT2D eigenvalue weighted by Crippen LogP contribution is 2.37. The average molecular weight is 513 g/mol. The Labute approximate surface area is 203 Å². The first kappa shape index (κ1) is 21.6. The van der Waals surface area contributed by atoms with Crippen molar-refractivity contribution in [3.05, 3.63) is 129 Å². The van der Waals surface area contributed by atoms with Crippen molar-refractivity contribution >= 4 is 45.0 Å². The number of nitro groups is 1. The summed E-state index contributed by atoms with van der Waals surface area (Å²) in [6, 6.07) is 26.9. The van der Waals surface area contributed by atoms with Crippen LogP contribution in [0.3, 0.4) is 0 Å². The molecule has 0 radical (unpaired) electrons. The molecule has 0 aliphatic carbocycles. The molecule has 0 N–H and O–H groups in total. The zero-order valence-electron chi connectivity index (χ0n) is 17.7. The van der Waals surface area contributed by atoms with Crippen molar-refractivity contribution in [3.63, 3.8) is 0 Å². The Morgan fingerprint density at radius 2 is 1.65 bits per heavy atom. The fraction of sp³-hybridized carbons (Fsp3) is 0. The van der Waals surface area contributed by atoms with E-state index in [1.54, 1.807) is 24.3 Å². The number of benzene rings is 3. The standard InChI is InChI=1S/C27H17BrN2O4/c28-21-11-9-19(10-12-21)26-14-13-24(34-26)15-20-16-25(18-5-2-1-3-6-18)29(27(20)31)22-7-4-8-23(17-22)30(32)33/h1-17H. The summed E-state index contributed by atoms with van der Waals surface area (Å²) in [5.74, 6) is 0.930. The minimum Gasteiger partial charge on any atom is -0.457 e. The van der Waals surface area contributed by atoms with Crippen molar-refractivity contribution in [2.45, 2.75) is 0 Å². The van der Waals surface area contributed by atoms with Gasteiger partial charge in [-0.1, -0.05) is 64.5 Å². The number of halogens is 1. The van der Waals surface area contributed by atoms with Crippen LogP contribution in [0, 0.1) is 10.1 Å². The fourth-order valence-electron chi connectivity index (χ4n) is 3.79. The highest BCUT2D eigenvalue weighted by molar-refractivity contribution is 9.10. The molecule has 1 aliphatic rings. The molecule has 6 nitrogen and oxygen atoms in total. The van der Waals surface area contributed by atoms with Crippen LogP contribution in [0.5, 0.6) is 0 Å². The number of nitrogens with zero attached hydrogens (tertiary/aromatic N) is 2. The molecule has 4 aromatic rings. The van der Waals surface area contributed by atoms with E-state index in [0.29, 0.717) is 28.5 Å². The first-order chi connectivity index (χ1) is 16.5. The van der Waals surface area contributed by atoms with Crippen molar-refractivity contribution in [1.82, 2.24) is 0 Å². The van der Waals surface area contributed by atoms with E-state index in [1.807, 2.05) is 66.7 Å². The second-order valence-electron chi connectivity index (χ2n) is 7.62. The Morgan fingerprint density at radius 3 is 2.38 bits per heavy atom. The molecule has 1 aromatic heterocycles. The molecule has 7 heteroatoms. The Balaban J connectivity index is 1.55. The van der Waals surface area contributed by atoms with Gasteiger partial charge in [-0.25, -0.2) is 0 Å². The molecular weight excluding hydrogens is 496 g/mol. The first-order valence-corrected chi connectivity index (χ1v) is 11.2. The molecule has 1 amide bonds. The van der Waals surface area contributed by atoms with Gasteiger partial charge in [-0.05, 0) is 48.0 Å². The molecule has 2 heterocycles. The zero-order valence-corrected chi connectivity index (χ0v) is 19.3. The van der Waals surface area contributed by atoms with Gasteiger partial charge in [0.1, 0.15) is 11.5 Å². The van der Waals surface area contributed by atoms with Gasteiger partial charge < -0.3 is 4.42 Å². The molecule has 1 aliphatic heterocycles. The van der Waals surface area contributed by atoms with Crippen LogP contribution in [0.4, 0.5) is 11.4 Å². The summed E-state index contributed by atoms with van der Waals surface area (Å²) in [7, 11) is 0. The maximum Gasteiger partial charge on any atom is 0.271 e. The van der Waals surface area contributed by atoms with Gasteiger partial charge in [0, 0.05) is 27.7 Å². The summed E-state index contributed by atoms with van der Waals surface area (Å²) in [6.07, 6.45) is 3.46. The Bertz CT molecular complexity index is 1450. The van der Waals surface area contributed by atoms with Crippen LogP contribution in [0.2, 0.25) is 0 Å². The summed E-state index contributed by atoms with van der Waals surface area (Å²) < 4.78 is 6.94. The van der Waals surface area contributed by atoms with E-state index in [9.17, 15) is 14.9 Å². The molecular formula is C27H17BrN2O4. The van der Waals surface area contributed by atoms with Crippen molar-refractivity contribution in [3.8, 4) is 11.3 Å². The van der Waals surface area contributed by atoms with Gasteiger partial charge >= 0.3 is 0 Å². The number of amides is 1. The Hall–Kier alpha value is -4.23. The van der Waals surface area contributed by atoms with Gasteiger partial charge in [0.15, 0.2) is 0 Å². The van der Waals surface area contributed by atoms with E-state index in [0.717, 1.165) is 15.6 Å². The van der Waals surface area contributed by atoms with Crippen LogP contribution in [-0.4, -0.2) is 10.8 Å². The van der Waals surface area contributed by atoms with Crippen LogP contribution in [-0.2, 0) is 4.79 Å². The molecule has 0 saturated carbocycles. The molecule has 34 heavy (non-hydrogen) atoms. The molecule has 0 saturated heterocycles. The number of non-ortho nitro benzene ring substituents is 1. The van der Waals surface area contributed by atoms with E-state index in [1.165, 1.54) is 17.0 Å². The molecule has 0 fully saturated rings. The third-order valence-electron chi connectivity index (χ3n) is 5.40. The van der Waals surface area contributed by atoms with Crippen LogP contribution < -0.4 is 4.90 Å². The molecule has 0 unspecified atom stereocenters.